The Morgan fingerprint density at radius 3 is 2.64 bits per heavy atom. The first-order valence-corrected chi connectivity index (χ1v) is 7.99. The molecule has 1 aliphatic rings. The van der Waals surface area contributed by atoms with Crippen molar-refractivity contribution in [2.24, 2.45) is 5.92 Å². The number of hydrogen-bond donors (Lipinski definition) is 1. The van der Waals surface area contributed by atoms with Gasteiger partial charge in [-0.2, -0.15) is 0 Å². The lowest BCUT2D eigenvalue weighted by Crippen LogP contribution is -2.15. The van der Waals surface area contributed by atoms with E-state index in [1.165, 1.54) is 5.57 Å². The van der Waals surface area contributed by atoms with Crippen LogP contribution < -0.4 is 0 Å². The van der Waals surface area contributed by atoms with Gasteiger partial charge in [-0.1, -0.05) is 60.2 Å². The molecule has 0 aliphatic heterocycles. The third-order valence-electron chi connectivity index (χ3n) is 3.66. The maximum Gasteiger partial charge on any atom is 0.0625 e. The summed E-state index contributed by atoms with van der Waals surface area (Å²) in [6, 6.07) is 10.1. The quantitative estimate of drug-likeness (QED) is 0.806. The zero-order valence-corrected chi connectivity index (χ0v) is 14.0. The van der Waals surface area contributed by atoms with Gasteiger partial charge in [-0.3, -0.25) is 0 Å². The van der Waals surface area contributed by atoms with Gasteiger partial charge in [0.15, 0.2) is 0 Å². The first-order chi connectivity index (χ1) is 10.6. The predicted molar refractivity (Wildman–Crippen MR) is 96.5 cm³/mol. The van der Waals surface area contributed by atoms with Crippen molar-refractivity contribution in [2.45, 2.75) is 12.8 Å². The molecule has 116 valence electrons. The molecule has 0 spiro atoms. The van der Waals surface area contributed by atoms with E-state index < -0.39 is 0 Å². The van der Waals surface area contributed by atoms with Gasteiger partial charge >= 0.3 is 0 Å². The summed E-state index contributed by atoms with van der Waals surface area (Å²) in [5.74, 6) is -0.0351. The number of allylic oxidation sites excluding steroid dienone is 5. The topological polar surface area (TPSA) is 27.1 Å². The molecule has 0 saturated heterocycles. The molecule has 1 aliphatic carbocycles. The van der Waals surface area contributed by atoms with Crippen LogP contribution in [0.3, 0.4) is 0 Å². The van der Waals surface area contributed by atoms with E-state index >= 15 is 0 Å². The summed E-state index contributed by atoms with van der Waals surface area (Å²) in [5, 5.41) is 8.71. The van der Waals surface area contributed by atoms with Gasteiger partial charge in [0, 0.05) is 5.92 Å². The van der Waals surface area contributed by atoms with Crippen molar-refractivity contribution in [2.75, 3.05) is 20.6 Å². The van der Waals surface area contributed by atoms with E-state index in [2.05, 4.69) is 49.4 Å². The van der Waals surface area contributed by atoms with Crippen LogP contribution in [0, 0.1) is 11.3 Å². The van der Waals surface area contributed by atoms with E-state index in [9.17, 15) is 0 Å². The molecular formula is C19H23ClN2. The molecule has 2 rings (SSSR count). The molecule has 1 atom stereocenters. The van der Waals surface area contributed by atoms with Crippen molar-refractivity contribution in [3.8, 4) is 0 Å². The van der Waals surface area contributed by atoms with Gasteiger partial charge in [0.2, 0.25) is 0 Å². The highest BCUT2D eigenvalue weighted by atomic mass is 35.5. The summed E-state index contributed by atoms with van der Waals surface area (Å²) >= 11 is 6.23. The van der Waals surface area contributed by atoms with Gasteiger partial charge in [0.25, 0.3) is 0 Å². The van der Waals surface area contributed by atoms with Crippen LogP contribution in [0.4, 0.5) is 0 Å². The zero-order chi connectivity index (χ0) is 15.9. The molecule has 0 heterocycles. The van der Waals surface area contributed by atoms with Crippen LogP contribution in [0.2, 0.25) is 0 Å². The maximum absolute atomic E-state index is 8.15. The van der Waals surface area contributed by atoms with Gasteiger partial charge in [0.05, 0.1) is 10.7 Å². The Morgan fingerprint density at radius 1 is 1.23 bits per heavy atom. The number of rotatable bonds is 6. The number of hydrogen-bond acceptors (Lipinski definition) is 2. The number of benzene rings is 1. The normalized spacial score (nSPS) is 18.7. The molecule has 0 bridgehead atoms. The van der Waals surface area contributed by atoms with Gasteiger partial charge in [-0.25, -0.2) is 0 Å². The number of nitrogens with one attached hydrogen (secondary N) is 1. The van der Waals surface area contributed by atoms with Crippen LogP contribution in [-0.2, 0) is 0 Å². The Balaban J connectivity index is 2.06. The lowest BCUT2D eigenvalue weighted by atomic mass is 9.91. The molecule has 0 saturated carbocycles. The van der Waals surface area contributed by atoms with Crippen LogP contribution in [0.1, 0.15) is 18.4 Å². The summed E-state index contributed by atoms with van der Waals surface area (Å²) < 4.78 is 0. The average molecular weight is 315 g/mol. The van der Waals surface area contributed by atoms with Crippen LogP contribution >= 0.6 is 11.6 Å². The number of halogens is 1. The highest BCUT2D eigenvalue weighted by Gasteiger charge is 2.17. The van der Waals surface area contributed by atoms with Crippen molar-refractivity contribution in [1.82, 2.24) is 4.90 Å². The van der Waals surface area contributed by atoms with Gasteiger partial charge in [-0.15, -0.1) is 0 Å². The van der Waals surface area contributed by atoms with Crippen LogP contribution in [0.25, 0.3) is 6.08 Å². The smallest absolute Gasteiger partial charge is 0.0625 e. The third kappa shape index (κ3) is 4.97. The fourth-order valence-electron chi connectivity index (χ4n) is 2.45. The van der Waals surface area contributed by atoms with Gasteiger partial charge < -0.3 is 10.3 Å². The largest absolute Gasteiger partial charge is 0.309 e. The second-order valence-corrected chi connectivity index (χ2v) is 6.26. The second-order valence-electron chi connectivity index (χ2n) is 5.85. The van der Waals surface area contributed by atoms with Gasteiger partial charge in [-0.05, 0) is 50.7 Å². The molecule has 1 N–H and O–H groups in total. The molecule has 22 heavy (non-hydrogen) atoms. The third-order valence-corrected chi connectivity index (χ3v) is 3.98. The lowest BCUT2D eigenvalue weighted by Gasteiger charge is -2.18. The molecule has 1 unspecified atom stereocenters. The maximum atomic E-state index is 8.15. The first-order valence-electron chi connectivity index (χ1n) is 7.61. The molecule has 2 nitrogen and oxygen atoms in total. The van der Waals surface area contributed by atoms with Crippen LogP contribution in [-0.4, -0.2) is 31.3 Å². The summed E-state index contributed by atoms with van der Waals surface area (Å²) in [7, 11) is 4.16. The summed E-state index contributed by atoms with van der Waals surface area (Å²) in [6.07, 6.45) is 10.3. The minimum absolute atomic E-state index is 0.0351. The number of nitrogens with zero attached hydrogens (tertiary/aromatic N) is 1. The summed E-state index contributed by atoms with van der Waals surface area (Å²) in [5.41, 5.74) is 2.85. The van der Waals surface area contributed by atoms with E-state index in [1.54, 1.807) is 0 Å². The second kappa shape index (κ2) is 8.11. The van der Waals surface area contributed by atoms with Crippen molar-refractivity contribution >= 4 is 23.4 Å². The Labute approximate surface area is 138 Å². The van der Waals surface area contributed by atoms with Crippen molar-refractivity contribution in [1.29, 1.82) is 5.41 Å². The Kier molecular flexibility index (Phi) is 6.17. The molecule has 1 aromatic carbocycles. The Hall–Kier alpha value is -1.64. The van der Waals surface area contributed by atoms with Crippen molar-refractivity contribution in [3.63, 3.8) is 0 Å². The molecule has 3 heteroatoms. The fourth-order valence-corrected chi connectivity index (χ4v) is 2.71. The van der Waals surface area contributed by atoms with E-state index in [4.69, 9.17) is 17.0 Å². The molecule has 0 fully saturated rings. The van der Waals surface area contributed by atoms with E-state index in [-0.39, 0.29) is 5.92 Å². The molecule has 0 radical (unpaired) electrons. The lowest BCUT2D eigenvalue weighted by molar-refractivity contribution is 0.400. The van der Waals surface area contributed by atoms with E-state index in [0.29, 0.717) is 10.7 Å². The molecule has 1 aromatic rings. The summed E-state index contributed by atoms with van der Waals surface area (Å²) in [6.45, 7) is 1.06. The minimum atomic E-state index is -0.0351. The highest BCUT2D eigenvalue weighted by Crippen LogP contribution is 2.26. The standard InChI is InChI=1S/C19H23ClN2/c1-22(2)12-6-9-16-13-17(19(21)18(20)14-16)11-10-15-7-4-3-5-8-15/h3-5,7-8,10-11,13-14,17,21H,6,9,12H2,1-2H3. The first kappa shape index (κ1) is 16.7. The highest BCUT2D eigenvalue weighted by molar-refractivity contribution is 6.44. The van der Waals surface area contributed by atoms with E-state index in [1.807, 2.05) is 24.3 Å². The predicted octanol–water partition coefficient (Wildman–Crippen LogP) is 4.74. The Bertz CT molecular complexity index is 597. The SMILES string of the molecule is CN(C)CCCC1=CC(C=Cc2ccccc2)C(=N)C(Cl)=C1. The van der Waals surface area contributed by atoms with E-state index in [0.717, 1.165) is 24.9 Å². The van der Waals surface area contributed by atoms with Gasteiger partial charge in [0.1, 0.15) is 0 Å². The van der Waals surface area contributed by atoms with Crippen molar-refractivity contribution < 1.29 is 0 Å². The van der Waals surface area contributed by atoms with Crippen LogP contribution in [0.15, 0.2) is 59.2 Å². The molecule has 0 aromatic heterocycles. The Morgan fingerprint density at radius 2 is 1.95 bits per heavy atom. The van der Waals surface area contributed by atoms with Crippen molar-refractivity contribution in [3.05, 3.63) is 64.7 Å². The minimum Gasteiger partial charge on any atom is -0.309 e. The average Bonchev–Trinajstić information content (AvgIpc) is 2.50. The molecular weight excluding hydrogens is 292 g/mol. The zero-order valence-electron chi connectivity index (χ0n) is 13.2. The monoisotopic (exact) mass is 314 g/mol. The summed E-state index contributed by atoms with van der Waals surface area (Å²) in [4.78, 5) is 2.18. The molecule has 0 amide bonds. The fraction of sp³-hybridized carbons (Fsp3) is 0.316. The van der Waals surface area contributed by atoms with Crippen LogP contribution in [0.5, 0.6) is 0 Å².